The first-order valence-corrected chi connectivity index (χ1v) is 8.64. The molecule has 0 aromatic carbocycles. The van der Waals surface area contributed by atoms with Gasteiger partial charge in [0, 0.05) is 21.3 Å². The SMILES string of the molecule is COP(=N[Si](C)(C)C)(OC)OC. The van der Waals surface area contributed by atoms with Crippen LogP contribution in [0.15, 0.2) is 4.41 Å². The predicted octanol–water partition coefficient (Wildman–Crippen LogP) is 2.71. The van der Waals surface area contributed by atoms with Crippen molar-refractivity contribution in [3.8, 4) is 0 Å². The molecule has 0 bridgehead atoms. The fourth-order valence-corrected chi connectivity index (χ4v) is 5.08. The Morgan fingerprint density at radius 3 is 1.33 bits per heavy atom. The molecule has 0 heterocycles. The van der Waals surface area contributed by atoms with Crippen molar-refractivity contribution in [2.75, 3.05) is 21.3 Å². The van der Waals surface area contributed by atoms with E-state index in [9.17, 15) is 0 Å². The Morgan fingerprint density at radius 2 is 1.25 bits per heavy atom. The summed E-state index contributed by atoms with van der Waals surface area (Å²) < 4.78 is 19.9. The quantitative estimate of drug-likeness (QED) is 0.530. The van der Waals surface area contributed by atoms with E-state index >= 15 is 0 Å². The summed E-state index contributed by atoms with van der Waals surface area (Å²) in [5.74, 6) is 0. The molecule has 4 nitrogen and oxygen atoms in total. The van der Waals surface area contributed by atoms with Gasteiger partial charge in [-0.1, -0.05) is 0 Å². The zero-order valence-corrected chi connectivity index (χ0v) is 10.5. The lowest BCUT2D eigenvalue weighted by atomic mass is 11.8. The molecule has 0 radical (unpaired) electrons. The van der Waals surface area contributed by atoms with Crippen LogP contribution >= 0.6 is 7.74 Å². The van der Waals surface area contributed by atoms with Crippen molar-refractivity contribution in [3.05, 3.63) is 0 Å². The largest absolute Gasteiger partial charge is 0.345 e. The van der Waals surface area contributed by atoms with Crippen molar-refractivity contribution >= 4 is 16.0 Å². The molecular formula is C6H18NO3PSi. The predicted molar refractivity (Wildman–Crippen MR) is 53.7 cm³/mol. The Morgan fingerprint density at radius 1 is 0.917 bits per heavy atom. The second-order valence-corrected chi connectivity index (χ2v) is 10.5. The van der Waals surface area contributed by atoms with E-state index in [1.165, 1.54) is 0 Å². The highest BCUT2D eigenvalue weighted by Crippen LogP contribution is 2.52. The van der Waals surface area contributed by atoms with Gasteiger partial charge in [-0.25, -0.2) is 0 Å². The van der Waals surface area contributed by atoms with Crippen molar-refractivity contribution in [2.45, 2.75) is 19.6 Å². The van der Waals surface area contributed by atoms with Crippen LogP contribution in [0.5, 0.6) is 0 Å². The van der Waals surface area contributed by atoms with Gasteiger partial charge in [-0.3, -0.25) is 4.41 Å². The summed E-state index contributed by atoms with van der Waals surface area (Å²) in [4.78, 5) is 0. The molecule has 0 unspecified atom stereocenters. The molecule has 0 aromatic rings. The minimum absolute atomic E-state index is 1.56. The molecule has 0 atom stereocenters. The molecule has 12 heavy (non-hydrogen) atoms. The topological polar surface area (TPSA) is 40.0 Å². The van der Waals surface area contributed by atoms with Gasteiger partial charge in [-0.15, -0.1) is 0 Å². The van der Waals surface area contributed by atoms with E-state index in [2.05, 4.69) is 24.1 Å². The third kappa shape index (κ3) is 3.82. The van der Waals surface area contributed by atoms with E-state index in [0.29, 0.717) is 0 Å². The van der Waals surface area contributed by atoms with Gasteiger partial charge in [0.25, 0.3) is 0 Å². The van der Waals surface area contributed by atoms with Crippen molar-refractivity contribution in [2.24, 2.45) is 4.41 Å². The number of nitrogens with zero attached hydrogens (tertiary/aromatic N) is 1. The minimum atomic E-state index is -2.37. The van der Waals surface area contributed by atoms with Crippen molar-refractivity contribution in [3.63, 3.8) is 0 Å². The summed E-state index contributed by atoms with van der Waals surface area (Å²) in [5, 5.41) is 0. The average molecular weight is 211 g/mol. The number of hydrogen-bond acceptors (Lipinski definition) is 4. The Balaban J connectivity index is 4.82. The standard InChI is InChI=1S/C6H18NO3PSi/c1-8-11(9-2,10-3)7-12(4,5)6/h1-6H3. The first-order chi connectivity index (χ1) is 5.39. The van der Waals surface area contributed by atoms with E-state index in [1.807, 2.05) is 0 Å². The second-order valence-electron chi connectivity index (χ2n) is 3.29. The summed E-state index contributed by atoms with van der Waals surface area (Å²) in [6.07, 6.45) is 0. The molecule has 0 saturated carbocycles. The van der Waals surface area contributed by atoms with Gasteiger partial charge in [0.05, 0.1) is 0 Å². The third-order valence-corrected chi connectivity index (χ3v) is 5.88. The van der Waals surface area contributed by atoms with Crippen molar-refractivity contribution < 1.29 is 13.6 Å². The first-order valence-electron chi connectivity index (χ1n) is 3.70. The number of hydrogen-bond donors (Lipinski definition) is 0. The highest BCUT2D eigenvalue weighted by molar-refractivity contribution is 7.52. The summed E-state index contributed by atoms with van der Waals surface area (Å²) >= 11 is 0. The maximum absolute atomic E-state index is 5.15. The lowest BCUT2D eigenvalue weighted by molar-refractivity contribution is 0.225. The molecule has 0 saturated heterocycles. The van der Waals surface area contributed by atoms with Gasteiger partial charge in [-0.2, -0.15) is 0 Å². The van der Waals surface area contributed by atoms with E-state index in [0.717, 1.165) is 0 Å². The minimum Gasteiger partial charge on any atom is -0.307 e. The molecule has 0 aliphatic carbocycles. The van der Waals surface area contributed by atoms with Crippen LogP contribution in [0.1, 0.15) is 0 Å². The molecule has 0 rings (SSSR count). The van der Waals surface area contributed by atoms with Gasteiger partial charge >= 0.3 is 7.74 Å². The van der Waals surface area contributed by atoms with E-state index in [4.69, 9.17) is 13.6 Å². The second kappa shape index (κ2) is 4.53. The van der Waals surface area contributed by atoms with Gasteiger partial charge in [0.15, 0.2) is 8.24 Å². The normalized spacial score (nSPS) is 13.2. The van der Waals surface area contributed by atoms with Crippen LogP contribution in [0, 0.1) is 0 Å². The van der Waals surface area contributed by atoms with Crippen LogP contribution in [0.25, 0.3) is 0 Å². The molecule has 0 aromatic heterocycles. The van der Waals surface area contributed by atoms with E-state index in [-0.39, 0.29) is 0 Å². The van der Waals surface area contributed by atoms with Crippen LogP contribution < -0.4 is 0 Å². The highest BCUT2D eigenvalue weighted by Gasteiger charge is 2.24. The Kier molecular flexibility index (Phi) is 4.65. The van der Waals surface area contributed by atoms with Gasteiger partial charge in [0.2, 0.25) is 0 Å². The van der Waals surface area contributed by atoms with Gasteiger partial charge < -0.3 is 13.6 Å². The molecule has 0 aliphatic rings. The molecule has 0 amide bonds. The molecule has 0 fully saturated rings. The fraction of sp³-hybridized carbons (Fsp3) is 1.00. The van der Waals surface area contributed by atoms with Gasteiger partial charge in [-0.05, 0) is 19.6 Å². The molecule has 74 valence electrons. The fourth-order valence-electron chi connectivity index (χ4n) is 0.714. The van der Waals surface area contributed by atoms with Crippen LogP contribution in [0.4, 0.5) is 0 Å². The van der Waals surface area contributed by atoms with Crippen molar-refractivity contribution in [1.29, 1.82) is 0 Å². The van der Waals surface area contributed by atoms with Crippen molar-refractivity contribution in [1.82, 2.24) is 0 Å². The molecule has 6 heteroatoms. The molecule has 0 aliphatic heterocycles. The Hall–Kier alpha value is 0.327. The summed E-state index contributed by atoms with van der Waals surface area (Å²) in [6.45, 7) is 6.33. The average Bonchev–Trinajstić information content (AvgIpc) is 1.99. The van der Waals surface area contributed by atoms with E-state index in [1.54, 1.807) is 21.3 Å². The molecule has 0 spiro atoms. The smallest absolute Gasteiger partial charge is 0.307 e. The summed E-state index contributed by atoms with van der Waals surface area (Å²) in [7, 11) is 0.750. The van der Waals surface area contributed by atoms with Crippen LogP contribution in [0.3, 0.4) is 0 Å². The highest BCUT2D eigenvalue weighted by atomic mass is 31.2. The zero-order chi connectivity index (χ0) is 9.83. The number of rotatable bonds is 4. The zero-order valence-electron chi connectivity index (χ0n) is 8.62. The van der Waals surface area contributed by atoms with E-state index < -0.39 is 16.0 Å². The lowest BCUT2D eigenvalue weighted by Gasteiger charge is -2.22. The van der Waals surface area contributed by atoms with Crippen LogP contribution in [-0.2, 0) is 13.6 Å². The van der Waals surface area contributed by atoms with Gasteiger partial charge in [0.1, 0.15) is 0 Å². The van der Waals surface area contributed by atoms with Crippen LogP contribution in [-0.4, -0.2) is 29.6 Å². The Labute approximate surface area is 75.6 Å². The molecule has 0 N–H and O–H groups in total. The summed E-state index contributed by atoms with van der Waals surface area (Å²) in [5.41, 5.74) is 0. The van der Waals surface area contributed by atoms with Crippen LogP contribution in [0.2, 0.25) is 19.6 Å². The maximum atomic E-state index is 5.15. The first kappa shape index (κ1) is 12.3. The lowest BCUT2D eigenvalue weighted by Crippen LogP contribution is -2.16. The summed E-state index contributed by atoms with van der Waals surface area (Å²) in [6, 6.07) is 0. The monoisotopic (exact) mass is 211 g/mol. The Bertz CT molecular complexity index is 171. The third-order valence-electron chi connectivity index (χ3n) is 1.11. The maximum Gasteiger partial charge on any atom is 0.345 e. The molecular weight excluding hydrogens is 193 g/mol.